The fourth-order valence-electron chi connectivity index (χ4n) is 4.08. The van der Waals surface area contributed by atoms with E-state index >= 15 is 0 Å². The number of hydrogen-bond donors (Lipinski definition) is 0. The van der Waals surface area contributed by atoms with E-state index in [1.54, 1.807) is 17.9 Å². The van der Waals surface area contributed by atoms with Crippen LogP contribution in [0.4, 0.5) is 45.3 Å². The number of anilines is 1. The van der Waals surface area contributed by atoms with Crippen molar-refractivity contribution in [1.82, 2.24) is 14.9 Å². The van der Waals surface area contributed by atoms with E-state index < -0.39 is 46.7 Å². The molecule has 3 aromatic rings. The van der Waals surface area contributed by atoms with Crippen molar-refractivity contribution in [2.24, 2.45) is 0 Å². The second-order valence-corrected chi connectivity index (χ2v) is 8.84. The molecule has 208 valence electrons. The fourth-order valence-corrected chi connectivity index (χ4v) is 4.08. The van der Waals surface area contributed by atoms with Gasteiger partial charge in [-0.05, 0) is 37.3 Å². The molecule has 2 aromatic carbocycles. The number of rotatable bonds is 3. The maximum Gasteiger partial charge on any atom is 0.416 e. The first-order valence-electron chi connectivity index (χ1n) is 11.4. The van der Waals surface area contributed by atoms with E-state index in [0.29, 0.717) is 23.6 Å². The van der Waals surface area contributed by atoms with Crippen molar-refractivity contribution in [2.45, 2.75) is 25.5 Å². The highest BCUT2D eigenvalue weighted by atomic mass is 19.4. The lowest BCUT2D eigenvalue weighted by atomic mass is 10.0. The van der Waals surface area contributed by atoms with E-state index in [2.05, 4.69) is 9.97 Å². The lowest BCUT2D eigenvalue weighted by Gasteiger charge is -2.35. The lowest BCUT2D eigenvalue weighted by Crippen LogP contribution is -2.49. The van der Waals surface area contributed by atoms with Gasteiger partial charge in [0, 0.05) is 49.1 Å². The maximum atomic E-state index is 13.2. The Hall–Kier alpha value is -3.84. The topological polar surface area (TPSA) is 49.3 Å². The number of nitrogens with zero attached hydrogens (tertiary/aromatic N) is 4. The zero-order valence-electron chi connectivity index (χ0n) is 20.0. The largest absolute Gasteiger partial charge is 0.416 e. The molecule has 0 saturated carbocycles. The van der Waals surface area contributed by atoms with Crippen LogP contribution >= 0.6 is 0 Å². The molecule has 39 heavy (non-hydrogen) atoms. The number of carbonyl (C=O) groups is 1. The van der Waals surface area contributed by atoms with Crippen molar-refractivity contribution in [3.8, 4) is 11.4 Å². The molecular weight excluding hydrogens is 543 g/mol. The summed E-state index contributed by atoms with van der Waals surface area (Å²) in [7, 11) is 0. The van der Waals surface area contributed by atoms with Gasteiger partial charge in [-0.3, -0.25) is 4.79 Å². The second-order valence-electron chi connectivity index (χ2n) is 8.84. The van der Waals surface area contributed by atoms with Crippen LogP contribution in [0.15, 0.2) is 48.5 Å². The van der Waals surface area contributed by atoms with Crippen molar-refractivity contribution in [1.29, 1.82) is 0 Å². The first-order chi connectivity index (χ1) is 18.0. The number of piperazine rings is 1. The number of aromatic nitrogens is 2. The van der Waals surface area contributed by atoms with Crippen LogP contribution in [0.2, 0.25) is 0 Å². The van der Waals surface area contributed by atoms with Gasteiger partial charge in [0.1, 0.15) is 5.82 Å². The first-order valence-corrected chi connectivity index (χ1v) is 11.4. The van der Waals surface area contributed by atoms with Gasteiger partial charge in [0.2, 0.25) is 0 Å². The average Bonchev–Trinajstić information content (AvgIpc) is 2.86. The Morgan fingerprint density at radius 1 is 0.718 bits per heavy atom. The molecule has 14 heteroatoms. The molecule has 1 aliphatic rings. The molecule has 1 amide bonds. The molecule has 0 spiro atoms. The average molecular weight is 562 g/mol. The Balaban J connectivity index is 1.54. The summed E-state index contributed by atoms with van der Waals surface area (Å²) in [5, 5.41) is 0. The normalized spacial score (nSPS) is 15.0. The van der Waals surface area contributed by atoms with Crippen molar-refractivity contribution in [3.05, 3.63) is 76.5 Å². The van der Waals surface area contributed by atoms with E-state index in [4.69, 9.17) is 0 Å². The molecule has 4 rings (SSSR count). The molecule has 1 saturated heterocycles. The van der Waals surface area contributed by atoms with E-state index in [1.807, 2.05) is 0 Å². The highest BCUT2D eigenvalue weighted by Gasteiger charge is 2.38. The molecular formula is C25H19F9N4O. The lowest BCUT2D eigenvalue weighted by molar-refractivity contribution is -0.143. The van der Waals surface area contributed by atoms with Crippen LogP contribution in [0.25, 0.3) is 11.4 Å². The van der Waals surface area contributed by atoms with Crippen molar-refractivity contribution in [3.63, 3.8) is 0 Å². The Bertz CT molecular complexity index is 1340. The van der Waals surface area contributed by atoms with Crippen molar-refractivity contribution >= 4 is 11.7 Å². The number of hydrogen-bond acceptors (Lipinski definition) is 4. The standard InChI is InChI=1S/C25H19F9N4O/c1-14-9-20(36-21(35-14)15-3-2-4-17(10-15)23(26,27)28)37-5-7-38(8-6-37)22(39)16-11-18(24(29,30)31)13-19(12-16)25(32,33)34/h2-4,9-13H,5-8H2,1H3. The third-order valence-electron chi connectivity index (χ3n) is 6.01. The summed E-state index contributed by atoms with van der Waals surface area (Å²) in [5.74, 6) is -0.603. The predicted octanol–water partition coefficient (Wildman–Crippen LogP) is 6.47. The summed E-state index contributed by atoms with van der Waals surface area (Å²) < 4.78 is 118. The van der Waals surface area contributed by atoms with Crippen LogP contribution in [0.3, 0.4) is 0 Å². The Morgan fingerprint density at radius 3 is 1.82 bits per heavy atom. The third kappa shape index (κ3) is 6.42. The Morgan fingerprint density at radius 2 is 1.28 bits per heavy atom. The first kappa shape index (κ1) is 28.2. The van der Waals surface area contributed by atoms with Gasteiger partial charge in [-0.15, -0.1) is 0 Å². The van der Waals surface area contributed by atoms with E-state index in [0.717, 1.165) is 17.0 Å². The van der Waals surface area contributed by atoms with E-state index in [-0.39, 0.29) is 43.6 Å². The number of aryl methyl sites for hydroxylation is 1. The van der Waals surface area contributed by atoms with Gasteiger partial charge >= 0.3 is 18.5 Å². The number of carbonyl (C=O) groups excluding carboxylic acids is 1. The third-order valence-corrected chi connectivity index (χ3v) is 6.01. The summed E-state index contributed by atoms with van der Waals surface area (Å²) in [6.07, 6.45) is -14.7. The van der Waals surface area contributed by atoms with Gasteiger partial charge in [-0.1, -0.05) is 12.1 Å². The highest BCUT2D eigenvalue weighted by Crippen LogP contribution is 2.37. The van der Waals surface area contributed by atoms with E-state index in [1.165, 1.54) is 12.1 Å². The zero-order valence-corrected chi connectivity index (χ0v) is 20.0. The maximum absolute atomic E-state index is 13.2. The minimum atomic E-state index is -5.09. The predicted molar refractivity (Wildman–Crippen MR) is 122 cm³/mol. The Kier molecular flexibility index (Phi) is 7.25. The van der Waals surface area contributed by atoms with Crippen LogP contribution in [-0.2, 0) is 18.5 Å². The number of benzene rings is 2. The monoisotopic (exact) mass is 562 g/mol. The molecule has 0 radical (unpaired) electrons. The number of amides is 1. The van der Waals surface area contributed by atoms with Crippen molar-refractivity contribution in [2.75, 3.05) is 31.1 Å². The van der Waals surface area contributed by atoms with Crippen LogP contribution in [0.5, 0.6) is 0 Å². The molecule has 0 bridgehead atoms. The summed E-state index contributed by atoms with van der Waals surface area (Å²) in [6, 6.07) is 6.79. The number of alkyl halides is 9. The molecule has 1 aromatic heterocycles. The molecule has 0 N–H and O–H groups in total. The van der Waals surface area contributed by atoms with Gasteiger partial charge in [0.05, 0.1) is 16.7 Å². The molecule has 1 aliphatic heterocycles. The fraction of sp³-hybridized carbons (Fsp3) is 0.320. The van der Waals surface area contributed by atoms with Gasteiger partial charge in [0.15, 0.2) is 5.82 Å². The minimum Gasteiger partial charge on any atom is -0.353 e. The van der Waals surface area contributed by atoms with Gasteiger partial charge in [-0.2, -0.15) is 39.5 Å². The van der Waals surface area contributed by atoms with Crippen molar-refractivity contribution < 1.29 is 44.3 Å². The summed E-state index contributed by atoms with van der Waals surface area (Å²) in [4.78, 5) is 24.3. The van der Waals surface area contributed by atoms with Crippen LogP contribution in [0, 0.1) is 6.92 Å². The summed E-state index contributed by atoms with van der Waals surface area (Å²) in [6.45, 7) is 1.77. The summed E-state index contributed by atoms with van der Waals surface area (Å²) in [5.41, 5.74) is -4.20. The van der Waals surface area contributed by atoms with Crippen LogP contribution in [0.1, 0.15) is 32.7 Å². The van der Waals surface area contributed by atoms with Crippen LogP contribution in [-0.4, -0.2) is 47.0 Å². The zero-order chi connectivity index (χ0) is 28.8. The molecule has 0 unspecified atom stereocenters. The molecule has 0 atom stereocenters. The van der Waals surface area contributed by atoms with Gasteiger partial charge < -0.3 is 9.80 Å². The highest BCUT2D eigenvalue weighted by molar-refractivity contribution is 5.95. The smallest absolute Gasteiger partial charge is 0.353 e. The minimum absolute atomic E-state index is 0.0400. The van der Waals surface area contributed by atoms with E-state index in [9.17, 15) is 44.3 Å². The SMILES string of the molecule is Cc1cc(N2CCN(C(=O)c3cc(C(F)(F)F)cc(C(F)(F)F)c3)CC2)nc(-c2cccc(C(F)(F)F)c2)n1. The second kappa shape index (κ2) is 10.0. The Labute approximate surface area is 215 Å². The summed E-state index contributed by atoms with van der Waals surface area (Å²) >= 11 is 0. The van der Waals surface area contributed by atoms with Gasteiger partial charge in [-0.25, -0.2) is 9.97 Å². The quantitative estimate of drug-likeness (QED) is 0.344. The molecule has 5 nitrogen and oxygen atoms in total. The molecule has 2 heterocycles. The number of halogens is 9. The van der Waals surface area contributed by atoms with Gasteiger partial charge in [0.25, 0.3) is 5.91 Å². The van der Waals surface area contributed by atoms with Crippen LogP contribution < -0.4 is 4.90 Å². The molecule has 0 aliphatic carbocycles. The molecule has 1 fully saturated rings.